The number of para-hydroxylation sites is 1. The van der Waals surface area contributed by atoms with Gasteiger partial charge in [0.2, 0.25) is 0 Å². The van der Waals surface area contributed by atoms with Crippen molar-refractivity contribution in [2.45, 2.75) is 37.8 Å². The van der Waals surface area contributed by atoms with E-state index < -0.39 is 7.92 Å². The SMILES string of the molecule is COc1ccc2ccccc2c1-c1cccc(-c2c(OC)ccc3ccccc23)c1P(c1ccccc1N(C)C)C1CCCCC1. The molecule has 1 aliphatic carbocycles. The van der Waals surface area contributed by atoms with Gasteiger partial charge in [0, 0.05) is 36.2 Å². The second-order valence-electron chi connectivity index (χ2n) is 12.5. The first-order valence-electron chi connectivity index (χ1n) is 16.4. The summed E-state index contributed by atoms with van der Waals surface area (Å²) >= 11 is 0. The number of nitrogens with zero attached hydrogens (tertiary/aromatic N) is 1. The zero-order chi connectivity index (χ0) is 31.6. The van der Waals surface area contributed by atoms with Gasteiger partial charge in [-0.1, -0.05) is 116 Å². The lowest BCUT2D eigenvalue weighted by Crippen LogP contribution is -2.29. The van der Waals surface area contributed by atoms with Crippen molar-refractivity contribution in [2.75, 3.05) is 33.2 Å². The molecule has 1 atom stereocenters. The Morgan fingerprint density at radius 1 is 0.565 bits per heavy atom. The first kappa shape index (κ1) is 30.3. The fraction of sp³-hybridized carbons (Fsp3) is 0.238. The number of hydrogen-bond acceptors (Lipinski definition) is 3. The van der Waals surface area contributed by atoms with E-state index >= 15 is 0 Å². The first-order valence-corrected chi connectivity index (χ1v) is 17.8. The summed E-state index contributed by atoms with van der Waals surface area (Å²) in [6, 6.07) is 42.1. The Labute approximate surface area is 274 Å². The quantitative estimate of drug-likeness (QED) is 0.158. The van der Waals surface area contributed by atoms with Crippen LogP contribution in [0.15, 0.2) is 115 Å². The van der Waals surface area contributed by atoms with E-state index in [2.05, 4.69) is 134 Å². The van der Waals surface area contributed by atoms with Crippen LogP contribution in [0.25, 0.3) is 43.8 Å². The maximum atomic E-state index is 6.19. The highest BCUT2D eigenvalue weighted by Crippen LogP contribution is 2.54. The molecular weight excluding hydrogens is 581 g/mol. The van der Waals surface area contributed by atoms with E-state index in [0.717, 1.165) is 11.5 Å². The third-order valence-corrected chi connectivity index (χ3v) is 12.7. The van der Waals surface area contributed by atoms with Gasteiger partial charge in [-0.3, -0.25) is 0 Å². The molecular formula is C42H42NO2P. The largest absolute Gasteiger partial charge is 0.496 e. The molecule has 0 heterocycles. The Balaban J connectivity index is 1.66. The third-order valence-electron chi connectivity index (χ3n) is 9.60. The molecule has 46 heavy (non-hydrogen) atoms. The average Bonchev–Trinajstić information content (AvgIpc) is 3.11. The summed E-state index contributed by atoms with van der Waals surface area (Å²) in [5.74, 6) is 1.81. The molecule has 0 aliphatic heterocycles. The zero-order valence-corrected chi connectivity index (χ0v) is 28.2. The summed E-state index contributed by atoms with van der Waals surface area (Å²) in [6.45, 7) is 0. The molecule has 0 N–H and O–H groups in total. The highest BCUT2D eigenvalue weighted by Gasteiger charge is 2.34. The van der Waals surface area contributed by atoms with Crippen molar-refractivity contribution >= 4 is 45.8 Å². The van der Waals surface area contributed by atoms with Gasteiger partial charge in [-0.2, -0.15) is 0 Å². The standard InChI is InChI=1S/C42H42NO2P/c1-43(2)36-23-12-13-24-39(36)46(31-17-6-5-7-18-31)42-34(40-32-19-10-8-15-29(32)25-27-37(40)44-3)21-14-22-35(42)41-33-20-11-9-16-30(33)26-28-38(41)45-4/h8-16,19-28,31H,5-7,17-18H2,1-4H3. The van der Waals surface area contributed by atoms with Crippen molar-refractivity contribution in [2.24, 2.45) is 0 Å². The van der Waals surface area contributed by atoms with Crippen LogP contribution in [0.2, 0.25) is 0 Å². The second kappa shape index (κ2) is 13.2. The van der Waals surface area contributed by atoms with Crippen molar-refractivity contribution in [1.82, 2.24) is 0 Å². The van der Waals surface area contributed by atoms with Crippen LogP contribution >= 0.6 is 7.92 Å². The number of hydrogen-bond donors (Lipinski definition) is 0. The third kappa shape index (κ3) is 5.41. The lowest BCUT2D eigenvalue weighted by molar-refractivity contribution is 0.417. The lowest BCUT2D eigenvalue weighted by atomic mass is 9.92. The molecule has 3 nitrogen and oxygen atoms in total. The lowest BCUT2D eigenvalue weighted by Gasteiger charge is -2.36. The van der Waals surface area contributed by atoms with Gasteiger partial charge < -0.3 is 14.4 Å². The molecule has 1 fully saturated rings. The van der Waals surface area contributed by atoms with Crippen LogP contribution in [-0.4, -0.2) is 34.0 Å². The van der Waals surface area contributed by atoms with Gasteiger partial charge in [0.25, 0.3) is 0 Å². The normalized spacial score (nSPS) is 14.3. The predicted octanol–water partition coefficient (Wildman–Crippen LogP) is 10.2. The summed E-state index contributed by atoms with van der Waals surface area (Å²) in [4.78, 5) is 2.30. The van der Waals surface area contributed by atoms with E-state index in [1.54, 1.807) is 14.2 Å². The predicted molar refractivity (Wildman–Crippen MR) is 199 cm³/mol. The Bertz CT molecular complexity index is 1900. The summed E-state index contributed by atoms with van der Waals surface area (Å²) in [7, 11) is 7.16. The van der Waals surface area contributed by atoms with E-state index in [1.165, 1.54) is 92.2 Å². The van der Waals surface area contributed by atoms with Crippen molar-refractivity contribution in [3.05, 3.63) is 115 Å². The van der Waals surface area contributed by atoms with E-state index in [-0.39, 0.29) is 0 Å². The van der Waals surface area contributed by atoms with Crippen molar-refractivity contribution in [3.63, 3.8) is 0 Å². The van der Waals surface area contributed by atoms with Gasteiger partial charge in [0.15, 0.2) is 0 Å². The van der Waals surface area contributed by atoms with Crippen molar-refractivity contribution < 1.29 is 9.47 Å². The number of benzene rings is 6. The minimum absolute atomic E-state index is 0.562. The minimum Gasteiger partial charge on any atom is -0.496 e. The molecule has 0 spiro atoms. The van der Waals surface area contributed by atoms with Crippen LogP contribution in [0.4, 0.5) is 5.69 Å². The van der Waals surface area contributed by atoms with Crippen molar-refractivity contribution in [1.29, 1.82) is 0 Å². The molecule has 0 radical (unpaired) electrons. The molecule has 4 heteroatoms. The van der Waals surface area contributed by atoms with Crippen LogP contribution in [0.3, 0.4) is 0 Å². The van der Waals surface area contributed by atoms with Crippen molar-refractivity contribution in [3.8, 4) is 33.8 Å². The van der Waals surface area contributed by atoms with Gasteiger partial charge in [0.05, 0.1) is 14.2 Å². The summed E-state index contributed by atoms with van der Waals surface area (Å²) in [6.07, 6.45) is 6.35. The van der Waals surface area contributed by atoms with Gasteiger partial charge in [-0.05, 0) is 82.6 Å². The number of anilines is 1. The topological polar surface area (TPSA) is 21.7 Å². The fourth-order valence-corrected chi connectivity index (χ4v) is 11.0. The number of ether oxygens (including phenoxy) is 2. The highest BCUT2D eigenvalue weighted by molar-refractivity contribution is 7.74. The monoisotopic (exact) mass is 623 g/mol. The highest BCUT2D eigenvalue weighted by atomic mass is 31.1. The molecule has 1 saturated carbocycles. The molecule has 1 aliphatic rings. The molecule has 0 bridgehead atoms. The Kier molecular flexibility index (Phi) is 8.69. The first-order chi connectivity index (χ1) is 22.6. The van der Waals surface area contributed by atoms with E-state index in [1.807, 2.05) is 0 Å². The van der Waals surface area contributed by atoms with Crippen LogP contribution in [0.1, 0.15) is 32.1 Å². The summed E-state index contributed by atoms with van der Waals surface area (Å²) in [5.41, 5.74) is 6.71. The number of rotatable bonds is 8. The zero-order valence-electron chi connectivity index (χ0n) is 27.3. The molecule has 232 valence electrons. The second-order valence-corrected chi connectivity index (χ2v) is 14.9. The van der Waals surface area contributed by atoms with Gasteiger partial charge >= 0.3 is 0 Å². The van der Waals surface area contributed by atoms with E-state index in [9.17, 15) is 0 Å². The molecule has 6 aromatic rings. The molecule has 0 amide bonds. The van der Waals surface area contributed by atoms with Gasteiger partial charge in [-0.15, -0.1) is 0 Å². The summed E-state index contributed by atoms with van der Waals surface area (Å²) in [5, 5.41) is 7.72. The molecule has 0 aromatic heterocycles. The fourth-order valence-electron chi connectivity index (χ4n) is 7.49. The van der Waals surface area contributed by atoms with E-state index in [4.69, 9.17) is 9.47 Å². The maximum absolute atomic E-state index is 6.19. The van der Waals surface area contributed by atoms with Crippen LogP contribution in [-0.2, 0) is 0 Å². The van der Waals surface area contributed by atoms with Gasteiger partial charge in [0.1, 0.15) is 11.5 Å². The minimum atomic E-state index is -0.809. The Hall–Kier alpha value is -4.33. The Morgan fingerprint density at radius 3 is 1.63 bits per heavy atom. The smallest absolute Gasteiger partial charge is 0.127 e. The summed E-state index contributed by atoms with van der Waals surface area (Å²) < 4.78 is 12.4. The molecule has 7 rings (SSSR count). The van der Waals surface area contributed by atoms with Crippen LogP contribution in [0, 0.1) is 0 Å². The van der Waals surface area contributed by atoms with E-state index in [0.29, 0.717) is 5.66 Å². The van der Waals surface area contributed by atoms with Crippen LogP contribution in [0.5, 0.6) is 11.5 Å². The van der Waals surface area contributed by atoms with Crippen LogP contribution < -0.4 is 25.0 Å². The number of methoxy groups -OCH3 is 2. The van der Waals surface area contributed by atoms with Gasteiger partial charge in [-0.25, -0.2) is 0 Å². The number of fused-ring (bicyclic) bond motifs is 2. The maximum Gasteiger partial charge on any atom is 0.127 e. The molecule has 6 aromatic carbocycles. The Morgan fingerprint density at radius 2 is 1.09 bits per heavy atom. The average molecular weight is 624 g/mol. The molecule has 0 saturated heterocycles. The molecule has 1 unspecified atom stereocenters.